The molecule has 1 saturated heterocycles. The van der Waals surface area contributed by atoms with Crippen LogP contribution < -0.4 is 10.9 Å². The monoisotopic (exact) mass is 677 g/mol. The number of carbonyl (C=O) groups is 2. The van der Waals surface area contributed by atoms with Crippen molar-refractivity contribution in [3.8, 4) is 11.1 Å². The van der Waals surface area contributed by atoms with Crippen LogP contribution in [0.4, 0.5) is 22.0 Å². The van der Waals surface area contributed by atoms with Crippen LogP contribution in [-0.2, 0) is 30.9 Å². The number of nitrogens with one attached hydrogen (secondary N) is 1. The molecule has 0 unspecified atom stereocenters. The minimum atomic E-state index is -4.91. The Kier molecular flexibility index (Phi) is 9.26. The summed E-state index contributed by atoms with van der Waals surface area (Å²) in [4.78, 5) is 41.0. The molecule has 5 aromatic rings. The number of rotatable bonds is 9. The number of aliphatic carboxylic acids is 1. The average Bonchev–Trinajstić information content (AvgIpc) is 3.58. The fourth-order valence-electron chi connectivity index (χ4n) is 6.72. The molecule has 1 atom stereocenters. The van der Waals surface area contributed by atoms with Crippen molar-refractivity contribution in [2.45, 2.75) is 37.9 Å². The highest BCUT2D eigenvalue weighted by atomic mass is 19.4. The van der Waals surface area contributed by atoms with Gasteiger partial charge in [-0.2, -0.15) is 13.2 Å². The molecule has 7 nitrogen and oxygen atoms in total. The summed E-state index contributed by atoms with van der Waals surface area (Å²) in [7, 11) is 1.42. The SMILES string of the molecule is Cn1c(=O)c(-c2cccc3c(C[C@H](NC(=O)c4c(F)cccc4F)C(=O)O)cccc23)c(C(F)(F)F)c2cc(CCN3CCCC3)ccc21. The summed E-state index contributed by atoms with van der Waals surface area (Å²) in [5.74, 6) is -5.13. The van der Waals surface area contributed by atoms with Crippen LogP contribution in [0.2, 0.25) is 0 Å². The Bertz CT molecular complexity index is 2140. The molecule has 0 saturated carbocycles. The number of fused-ring (bicyclic) bond motifs is 2. The highest BCUT2D eigenvalue weighted by molar-refractivity contribution is 6.02. The number of hydrogen-bond acceptors (Lipinski definition) is 4. The zero-order valence-corrected chi connectivity index (χ0v) is 26.4. The van der Waals surface area contributed by atoms with Crippen molar-refractivity contribution >= 4 is 33.6 Å². The molecule has 254 valence electrons. The van der Waals surface area contributed by atoms with Crippen molar-refractivity contribution < 1.29 is 36.6 Å². The van der Waals surface area contributed by atoms with Gasteiger partial charge < -0.3 is 19.9 Å². The zero-order chi connectivity index (χ0) is 35.0. The van der Waals surface area contributed by atoms with Gasteiger partial charge in [0.15, 0.2) is 0 Å². The van der Waals surface area contributed by atoms with Gasteiger partial charge in [0.25, 0.3) is 11.5 Å². The first-order valence-corrected chi connectivity index (χ1v) is 15.8. The number of pyridine rings is 1. The number of likely N-dealkylation sites (tertiary alicyclic amines) is 1. The maximum absolute atomic E-state index is 15.1. The lowest BCUT2D eigenvalue weighted by Crippen LogP contribution is -2.43. The van der Waals surface area contributed by atoms with Crippen molar-refractivity contribution in [3.63, 3.8) is 0 Å². The van der Waals surface area contributed by atoms with Gasteiger partial charge in [-0.05, 0) is 84.1 Å². The summed E-state index contributed by atoms with van der Waals surface area (Å²) >= 11 is 0. The predicted octanol–water partition coefficient (Wildman–Crippen LogP) is 6.72. The maximum Gasteiger partial charge on any atom is 0.417 e. The van der Waals surface area contributed by atoms with Gasteiger partial charge >= 0.3 is 12.1 Å². The molecular formula is C37H32F5N3O4. The molecule has 12 heteroatoms. The Morgan fingerprint density at radius 1 is 0.898 bits per heavy atom. The molecule has 1 aliphatic heterocycles. The van der Waals surface area contributed by atoms with Crippen molar-refractivity contribution in [2.24, 2.45) is 7.05 Å². The van der Waals surface area contributed by atoms with Crippen LogP contribution in [0, 0.1) is 11.6 Å². The van der Waals surface area contributed by atoms with Crippen molar-refractivity contribution in [2.75, 3.05) is 19.6 Å². The second-order valence-corrected chi connectivity index (χ2v) is 12.2. The normalized spacial score (nSPS) is 14.4. The van der Waals surface area contributed by atoms with E-state index in [0.717, 1.165) is 44.1 Å². The van der Waals surface area contributed by atoms with Crippen molar-refractivity contribution in [1.29, 1.82) is 0 Å². The van der Waals surface area contributed by atoms with Crippen molar-refractivity contribution in [1.82, 2.24) is 14.8 Å². The largest absolute Gasteiger partial charge is 0.480 e. The standard InChI is InChI=1S/C37H32F5N3O4/c1-44-30-14-13-21(15-18-45-16-2-3-17-45)19-26(30)33(37(40,41)42)31(35(44)47)25-10-5-8-23-22(7-4-9-24(23)25)20-29(36(48)49)43-34(46)32-27(38)11-6-12-28(32)39/h4-14,19,29H,2-3,15-18,20H2,1H3,(H,43,46)(H,48,49)/t29-/m0/s1. The minimum absolute atomic E-state index is 0.000910. The molecule has 0 bridgehead atoms. The summed E-state index contributed by atoms with van der Waals surface area (Å²) in [6, 6.07) is 15.0. The van der Waals surface area contributed by atoms with E-state index in [-0.39, 0.29) is 28.3 Å². The maximum atomic E-state index is 15.1. The Labute approximate surface area is 277 Å². The highest BCUT2D eigenvalue weighted by Crippen LogP contribution is 2.42. The number of alkyl halides is 3. The number of aromatic nitrogens is 1. The number of nitrogens with zero attached hydrogens (tertiary/aromatic N) is 2. The van der Waals surface area contributed by atoms with Crippen LogP contribution in [0.5, 0.6) is 0 Å². The van der Waals surface area contributed by atoms with E-state index in [4.69, 9.17) is 0 Å². The van der Waals surface area contributed by atoms with E-state index in [9.17, 15) is 28.3 Å². The zero-order valence-electron chi connectivity index (χ0n) is 26.4. The quantitative estimate of drug-likeness (QED) is 0.169. The molecule has 0 radical (unpaired) electrons. The smallest absolute Gasteiger partial charge is 0.417 e. The Hall–Kier alpha value is -5.10. The molecule has 4 aromatic carbocycles. The first kappa shape index (κ1) is 33.8. The number of carboxylic acids is 1. The first-order chi connectivity index (χ1) is 23.3. The van der Waals surface area contributed by atoms with Gasteiger partial charge in [0.1, 0.15) is 23.2 Å². The third kappa shape index (κ3) is 6.65. The number of benzene rings is 4. The number of hydrogen-bond donors (Lipinski definition) is 2. The van der Waals surface area contributed by atoms with Gasteiger partial charge in [0.05, 0.1) is 16.6 Å². The topological polar surface area (TPSA) is 91.6 Å². The van der Waals surface area contributed by atoms with Gasteiger partial charge in [-0.1, -0.05) is 48.5 Å². The van der Waals surface area contributed by atoms with Gasteiger partial charge in [-0.3, -0.25) is 9.59 Å². The minimum Gasteiger partial charge on any atom is -0.480 e. The Morgan fingerprint density at radius 2 is 1.55 bits per heavy atom. The summed E-state index contributed by atoms with van der Waals surface area (Å²) in [6.45, 7) is 2.62. The molecular weight excluding hydrogens is 645 g/mol. The Morgan fingerprint density at radius 3 is 2.22 bits per heavy atom. The fraction of sp³-hybridized carbons (Fsp3) is 0.270. The molecule has 0 spiro atoms. The predicted molar refractivity (Wildman–Crippen MR) is 175 cm³/mol. The first-order valence-electron chi connectivity index (χ1n) is 15.8. The number of carboxylic acid groups (broad SMARTS) is 1. The lowest BCUT2D eigenvalue weighted by Gasteiger charge is -2.21. The highest BCUT2D eigenvalue weighted by Gasteiger charge is 2.38. The second-order valence-electron chi connectivity index (χ2n) is 12.2. The number of amides is 1. The van der Waals surface area contributed by atoms with Crippen LogP contribution in [0.25, 0.3) is 32.8 Å². The van der Waals surface area contributed by atoms with E-state index >= 15 is 13.2 Å². The Balaban J connectivity index is 1.45. The van der Waals surface area contributed by atoms with Gasteiger partial charge in [0, 0.05) is 25.4 Å². The van der Waals surface area contributed by atoms with Gasteiger partial charge in [-0.15, -0.1) is 0 Å². The van der Waals surface area contributed by atoms with Crippen molar-refractivity contribution in [3.05, 3.63) is 117 Å². The van der Waals surface area contributed by atoms with E-state index in [1.54, 1.807) is 18.2 Å². The third-order valence-corrected chi connectivity index (χ3v) is 9.16. The average molecular weight is 678 g/mol. The molecule has 2 N–H and O–H groups in total. The molecule has 0 aliphatic carbocycles. The molecule has 1 aromatic heterocycles. The molecule has 1 fully saturated rings. The summed E-state index contributed by atoms with van der Waals surface area (Å²) in [6.07, 6.45) is -2.55. The molecule has 1 amide bonds. The molecule has 49 heavy (non-hydrogen) atoms. The van der Waals surface area contributed by atoms with Gasteiger partial charge in [0.2, 0.25) is 0 Å². The summed E-state index contributed by atoms with van der Waals surface area (Å²) in [5.41, 5.74) is -2.23. The van der Waals surface area contributed by atoms with E-state index in [2.05, 4.69) is 10.2 Å². The fourth-order valence-corrected chi connectivity index (χ4v) is 6.72. The van der Waals surface area contributed by atoms with E-state index in [1.165, 1.54) is 48.0 Å². The molecule has 6 rings (SSSR count). The third-order valence-electron chi connectivity index (χ3n) is 9.16. The van der Waals surface area contributed by atoms with E-state index in [0.29, 0.717) is 29.5 Å². The molecule has 1 aliphatic rings. The van der Waals surface area contributed by atoms with Crippen LogP contribution in [-0.4, -0.2) is 52.1 Å². The number of aryl methyl sites for hydroxylation is 1. The van der Waals surface area contributed by atoms with Crippen LogP contribution in [0.3, 0.4) is 0 Å². The van der Waals surface area contributed by atoms with Crippen LogP contribution in [0.15, 0.2) is 77.6 Å². The summed E-state index contributed by atoms with van der Waals surface area (Å²) in [5, 5.41) is 12.6. The molecule has 2 heterocycles. The summed E-state index contributed by atoms with van der Waals surface area (Å²) < 4.78 is 74.9. The van der Waals surface area contributed by atoms with Crippen LogP contribution in [0.1, 0.15) is 39.9 Å². The number of halogens is 5. The second kappa shape index (κ2) is 13.4. The lowest BCUT2D eigenvalue weighted by molar-refractivity contribution is -0.139. The number of carbonyl (C=O) groups excluding carboxylic acids is 1. The van der Waals surface area contributed by atoms with Crippen LogP contribution >= 0.6 is 0 Å². The van der Waals surface area contributed by atoms with E-state index < -0.39 is 58.0 Å². The van der Waals surface area contributed by atoms with Gasteiger partial charge in [-0.25, -0.2) is 13.6 Å². The van der Waals surface area contributed by atoms with E-state index in [1.807, 2.05) is 0 Å². The lowest BCUT2D eigenvalue weighted by atomic mass is 9.90.